The Hall–Kier alpha value is -1.26. The average Bonchev–Trinajstić information content (AvgIpc) is 3.03. The average molecular weight is 683 g/mol. The third kappa shape index (κ3) is 6.08. The molecule has 1 saturated heterocycles. The maximum absolute atomic E-state index is 6.17. The molecule has 0 radical (unpaired) electrons. The molecule has 0 aromatic heterocycles. The number of hydrogen-bond acceptors (Lipinski definition) is 2. The van der Waals surface area contributed by atoms with Gasteiger partial charge in [-0.3, -0.25) is 0 Å². The van der Waals surface area contributed by atoms with Gasteiger partial charge in [0.15, 0.2) is 0 Å². The monoisotopic (exact) mass is 682 g/mol. The normalized spacial score (nSPS) is 28.4. The van der Waals surface area contributed by atoms with Crippen molar-refractivity contribution in [2.24, 2.45) is 29.1 Å². The summed E-state index contributed by atoms with van der Waals surface area (Å²) in [6.45, 7) is 6.14. The molecule has 3 fully saturated rings. The van der Waals surface area contributed by atoms with Crippen molar-refractivity contribution in [3.63, 3.8) is 0 Å². The molecule has 0 spiro atoms. The van der Waals surface area contributed by atoms with Crippen LogP contribution < -0.4 is 15.9 Å². The third-order valence-corrected chi connectivity index (χ3v) is 22.0. The van der Waals surface area contributed by atoms with Crippen LogP contribution in [0.3, 0.4) is 0 Å². The molecule has 2 saturated carbocycles. The summed E-state index contributed by atoms with van der Waals surface area (Å²) in [6.07, 6.45) is 12.1. The Bertz CT molecular complexity index is 1140. The summed E-state index contributed by atoms with van der Waals surface area (Å²) in [4.78, 5) is 0. The Kier molecular flexibility index (Phi) is 9.00. The number of halogens is 1. The molecule has 3 aliphatic rings. The topological polar surface area (TPSA) is 18.5 Å². The molecule has 6 rings (SSSR count). The van der Waals surface area contributed by atoms with E-state index in [1.165, 1.54) is 73.4 Å². The van der Waals surface area contributed by atoms with Gasteiger partial charge in [0.1, 0.15) is 0 Å². The van der Waals surface area contributed by atoms with Crippen molar-refractivity contribution >= 4 is 42.2 Å². The third-order valence-electron chi connectivity index (χ3n) is 10.5. The van der Waals surface area contributed by atoms with E-state index in [1.807, 2.05) is 0 Å². The van der Waals surface area contributed by atoms with Gasteiger partial charge in [0.25, 0.3) is 0 Å². The van der Waals surface area contributed by atoms with Gasteiger partial charge >= 0.3 is 243 Å². The fourth-order valence-electron chi connectivity index (χ4n) is 8.17. The van der Waals surface area contributed by atoms with Crippen LogP contribution in [0, 0.1) is 29.1 Å². The predicted molar refractivity (Wildman–Crippen MR) is 184 cm³/mol. The molecule has 41 heavy (non-hydrogen) atoms. The zero-order valence-corrected chi connectivity index (χ0v) is 28.0. The number of ether oxygens (including phenoxy) is 2. The minimum atomic E-state index is -2.69. The molecule has 1 aliphatic heterocycles. The van der Waals surface area contributed by atoms with Crippen molar-refractivity contribution in [1.29, 1.82) is 0 Å². The van der Waals surface area contributed by atoms with E-state index in [2.05, 4.69) is 127 Å². The molecule has 2 nitrogen and oxygen atoms in total. The van der Waals surface area contributed by atoms with Crippen LogP contribution in [0.25, 0.3) is 0 Å². The number of benzene rings is 3. The van der Waals surface area contributed by atoms with Crippen molar-refractivity contribution < 1.29 is 9.47 Å². The van der Waals surface area contributed by atoms with Crippen molar-refractivity contribution in [3.8, 4) is 0 Å². The summed E-state index contributed by atoms with van der Waals surface area (Å²) in [5.74, 6) is 3.13. The Morgan fingerprint density at radius 3 is 1.37 bits per heavy atom. The summed E-state index contributed by atoms with van der Waals surface area (Å²) >= 11 is 2.99. The van der Waals surface area contributed by atoms with Crippen LogP contribution in [0.5, 0.6) is 0 Å². The Morgan fingerprint density at radius 1 is 0.585 bits per heavy atom. The minimum absolute atomic E-state index is 0.0336. The Morgan fingerprint density at radius 2 is 0.951 bits per heavy atom. The van der Waals surface area contributed by atoms with Crippen LogP contribution in [0.2, 0.25) is 0 Å². The van der Waals surface area contributed by atoms with Gasteiger partial charge < -0.3 is 0 Å². The molecule has 0 bridgehead atoms. The summed E-state index contributed by atoms with van der Waals surface area (Å²) in [5, 5.41) is 4.56. The van der Waals surface area contributed by atoms with Crippen LogP contribution in [-0.4, -0.2) is 25.7 Å². The van der Waals surface area contributed by atoms with Crippen LogP contribution in [0.4, 0.5) is 0 Å². The van der Waals surface area contributed by atoms with Crippen LogP contribution in [0.15, 0.2) is 91.0 Å². The van der Waals surface area contributed by atoms with E-state index >= 15 is 0 Å². The van der Waals surface area contributed by atoms with E-state index in [1.54, 1.807) is 0 Å². The first-order valence-electron chi connectivity index (χ1n) is 16.0. The molecule has 3 aromatic carbocycles. The van der Waals surface area contributed by atoms with Gasteiger partial charge in [-0.2, -0.15) is 0 Å². The van der Waals surface area contributed by atoms with Crippen LogP contribution >= 0.6 is 26.3 Å². The Labute approximate surface area is 261 Å². The molecule has 220 valence electrons. The SMILES string of the molecule is CC1(C)COC(C2CCC(C3CCC(CP(I)(c4ccccc4)(c4ccccc4)c4ccccc4)CC3)CC2)OC1. The van der Waals surface area contributed by atoms with Gasteiger partial charge in [-0.05, 0) is 0 Å². The summed E-state index contributed by atoms with van der Waals surface area (Å²) in [6, 6.07) is 34.5. The standard InChI is InChI=1S/C37H48IO2P/c1-37(2)27-39-36(40-28-37)32-24-22-31(23-25-32)30-20-18-29(19-21-30)26-41(38,33-12-6-3-7-13-33,34-14-8-4-9-15-34)35-16-10-5-11-17-35/h3-17,29-32,36H,18-28H2,1-2H3. The van der Waals surface area contributed by atoms with E-state index < -0.39 is 4.25 Å². The zero-order valence-electron chi connectivity index (χ0n) is 25.0. The van der Waals surface area contributed by atoms with Gasteiger partial charge in [-0.25, -0.2) is 0 Å². The van der Waals surface area contributed by atoms with E-state index in [0.29, 0.717) is 5.92 Å². The zero-order chi connectivity index (χ0) is 28.4. The first kappa shape index (κ1) is 29.8. The molecular formula is C37H48IO2P. The van der Waals surface area contributed by atoms with Crippen molar-refractivity contribution in [2.75, 3.05) is 19.4 Å². The predicted octanol–water partition coefficient (Wildman–Crippen LogP) is 8.88. The summed E-state index contributed by atoms with van der Waals surface area (Å²) < 4.78 is 9.66. The second-order valence-electron chi connectivity index (χ2n) is 14.0. The van der Waals surface area contributed by atoms with Crippen molar-refractivity contribution in [3.05, 3.63) is 91.0 Å². The van der Waals surface area contributed by atoms with Gasteiger partial charge in [-0.15, -0.1) is 0 Å². The molecule has 2 aliphatic carbocycles. The quantitative estimate of drug-likeness (QED) is 0.183. The molecule has 1 heterocycles. The van der Waals surface area contributed by atoms with Gasteiger partial charge in [-0.1, -0.05) is 13.8 Å². The molecule has 4 heteroatoms. The second kappa shape index (κ2) is 12.4. The number of rotatable bonds is 7. The fourth-order valence-corrected chi connectivity index (χ4v) is 18.0. The second-order valence-corrected chi connectivity index (χ2v) is 24.7. The molecule has 0 amide bonds. The molecule has 3 aromatic rings. The molecule has 0 unspecified atom stereocenters. The number of hydrogen-bond donors (Lipinski definition) is 0. The maximum atomic E-state index is 6.17. The van der Waals surface area contributed by atoms with E-state index in [-0.39, 0.29) is 11.7 Å². The van der Waals surface area contributed by atoms with Crippen LogP contribution in [-0.2, 0) is 9.47 Å². The molecule has 0 N–H and O–H groups in total. The first-order chi connectivity index (χ1) is 19.9. The van der Waals surface area contributed by atoms with E-state index in [4.69, 9.17) is 9.47 Å². The molecular weight excluding hydrogens is 634 g/mol. The Balaban J connectivity index is 1.16. The van der Waals surface area contributed by atoms with E-state index in [9.17, 15) is 0 Å². The van der Waals surface area contributed by atoms with Crippen molar-refractivity contribution in [1.82, 2.24) is 0 Å². The van der Waals surface area contributed by atoms with Gasteiger partial charge in [0.05, 0.1) is 0 Å². The fraction of sp³-hybridized carbons (Fsp3) is 0.514. The van der Waals surface area contributed by atoms with Gasteiger partial charge in [0, 0.05) is 5.41 Å². The van der Waals surface area contributed by atoms with Gasteiger partial charge in [0.2, 0.25) is 0 Å². The molecule has 0 atom stereocenters. The summed E-state index contributed by atoms with van der Waals surface area (Å²) in [7, 11) is 0. The van der Waals surface area contributed by atoms with Crippen molar-refractivity contribution in [2.45, 2.75) is 71.5 Å². The first-order valence-corrected chi connectivity index (χ1v) is 21.2. The van der Waals surface area contributed by atoms with Crippen LogP contribution in [0.1, 0.15) is 65.2 Å². The van der Waals surface area contributed by atoms with E-state index in [0.717, 1.165) is 31.0 Å². The summed E-state index contributed by atoms with van der Waals surface area (Å²) in [5.41, 5.74) is 0.157.